The Morgan fingerprint density at radius 1 is 1.56 bits per heavy atom. The van der Waals surface area contributed by atoms with E-state index in [-0.39, 0.29) is 24.3 Å². The number of hydrogen-bond donors (Lipinski definition) is 1. The van der Waals surface area contributed by atoms with Gasteiger partial charge in [-0.15, -0.1) is 6.42 Å². The molecule has 1 spiro atoms. The van der Waals surface area contributed by atoms with Crippen LogP contribution in [0.4, 0.5) is 4.79 Å². The fourth-order valence-electron chi connectivity index (χ4n) is 3.11. The summed E-state index contributed by atoms with van der Waals surface area (Å²) in [6.07, 6.45) is 6.80. The predicted octanol–water partition coefficient (Wildman–Crippen LogP) is 1.13. The van der Waals surface area contributed by atoms with Gasteiger partial charge in [0, 0.05) is 12.8 Å². The molecule has 0 saturated carbocycles. The molecular formula is C13H19N3O2. The normalized spacial score (nSPS) is 37.6. The highest BCUT2D eigenvalue weighted by molar-refractivity contribution is 6.06. The second kappa shape index (κ2) is 4.29. The highest BCUT2D eigenvalue weighted by atomic mass is 16.5. The fraction of sp³-hybridized carbons (Fsp3) is 0.692. The van der Waals surface area contributed by atoms with E-state index in [1.54, 1.807) is 4.90 Å². The number of aliphatic imine (C=N–C) groups is 1. The lowest BCUT2D eigenvalue weighted by atomic mass is 9.81. The molecule has 1 fully saturated rings. The van der Waals surface area contributed by atoms with E-state index in [1.165, 1.54) is 0 Å². The SMILES string of the molecule is C#CC(C)N1C(=O)N=C(N)C12CC(C)OC(C)C2. The Kier molecular flexibility index (Phi) is 3.07. The van der Waals surface area contributed by atoms with Gasteiger partial charge in [-0.2, -0.15) is 4.99 Å². The molecule has 98 valence electrons. The number of amides is 2. The summed E-state index contributed by atoms with van der Waals surface area (Å²) < 4.78 is 5.72. The van der Waals surface area contributed by atoms with Gasteiger partial charge in [0.15, 0.2) is 0 Å². The Bertz CT molecular complexity index is 428. The van der Waals surface area contributed by atoms with Crippen LogP contribution in [0, 0.1) is 12.3 Å². The van der Waals surface area contributed by atoms with E-state index in [2.05, 4.69) is 10.9 Å². The highest BCUT2D eigenvalue weighted by Crippen LogP contribution is 2.39. The van der Waals surface area contributed by atoms with E-state index in [4.69, 9.17) is 16.9 Å². The maximum Gasteiger partial charge on any atom is 0.347 e. The number of amidine groups is 1. The van der Waals surface area contributed by atoms with Gasteiger partial charge >= 0.3 is 6.03 Å². The molecule has 0 bridgehead atoms. The number of rotatable bonds is 1. The van der Waals surface area contributed by atoms with Gasteiger partial charge in [-0.3, -0.25) is 4.90 Å². The molecule has 2 N–H and O–H groups in total. The minimum Gasteiger partial charge on any atom is -0.385 e. The van der Waals surface area contributed by atoms with Crippen LogP contribution in [0.25, 0.3) is 0 Å². The Balaban J connectivity index is 2.41. The molecule has 2 amide bonds. The highest BCUT2D eigenvalue weighted by Gasteiger charge is 2.53. The molecule has 3 atom stereocenters. The molecule has 3 unspecified atom stereocenters. The molecule has 5 nitrogen and oxygen atoms in total. The van der Waals surface area contributed by atoms with Crippen molar-refractivity contribution in [2.24, 2.45) is 10.7 Å². The van der Waals surface area contributed by atoms with Crippen molar-refractivity contribution in [3.8, 4) is 12.3 Å². The molecule has 1 saturated heterocycles. The summed E-state index contributed by atoms with van der Waals surface area (Å²) in [5.74, 6) is 2.97. The van der Waals surface area contributed by atoms with Crippen molar-refractivity contribution >= 4 is 11.9 Å². The maximum atomic E-state index is 12.0. The van der Waals surface area contributed by atoms with Crippen LogP contribution in [0.15, 0.2) is 4.99 Å². The van der Waals surface area contributed by atoms with Gasteiger partial charge in [-0.05, 0) is 20.8 Å². The van der Waals surface area contributed by atoms with E-state index in [0.717, 1.165) is 0 Å². The first kappa shape index (κ1) is 12.9. The predicted molar refractivity (Wildman–Crippen MR) is 69.1 cm³/mol. The van der Waals surface area contributed by atoms with Crippen molar-refractivity contribution in [1.29, 1.82) is 0 Å². The number of nitrogens with two attached hydrogens (primary N) is 1. The lowest BCUT2D eigenvalue weighted by molar-refractivity contribution is -0.0736. The van der Waals surface area contributed by atoms with E-state index in [0.29, 0.717) is 18.7 Å². The lowest BCUT2D eigenvalue weighted by Crippen LogP contribution is -2.62. The van der Waals surface area contributed by atoms with Crippen molar-refractivity contribution in [2.45, 2.75) is 57.4 Å². The quantitative estimate of drug-likeness (QED) is 0.708. The number of carbonyl (C=O) groups is 1. The van der Waals surface area contributed by atoms with Gasteiger partial charge in [0.1, 0.15) is 11.4 Å². The van der Waals surface area contributed by atoms with Crippen LogP contribution in [-0.4, -0.2) is 40.6 Å². The molecule has 5 heteroatoms. The Morgan fingerprint density at radius 2 is 2.11 bits per heavy atom. The van der Waals surface area contributed by atoms with Gasteiger partial charge < -0.3 is 10.5 Å². The van der Waals surface area contributed by atoms with Crippen molar-refractivity contribution in [3.05, 3.63) is 0 Å². The molecule has 2 aliphatic heterocycles. The van der Waals surface area contributed by atoms with Gasteiger partial charge in [0.2, 0.25) is 0 Å². The maximum absolute atomic E-state index is 12.0. The van der Waals surface area contributed by atoms with Crippen LogP contribution in [0.5, 0.6) is 0 Å². The summed E-state index contributed by atoms with van der Waals surface area (Å²) in [5.41, 5.74) is 5.44. The first-order chi connectivity index (χ1) is 8.40. The summed E-state index contributed by atoms with van der Waals surface area (Å²) in [6, 6.07) is -0.654. The molecule has 0 radical (unpaired) electrons. The third kappa shape index (κ3) is 1.77. The Morgan fingerprint density at radius 3 is 2.61 bits per heavy atom. The number of nitrogens with zero attached hydrogens (tertiary/aromatic N) is 2. The molecular weight excluding hydrogens is 230 g/mol. The van der Waals surface area contributed by atoms with E-state index in [1.807, 2.05) is 20.8 Å². The smallest absolute Gasteiger partial charge is 0.347 e. The van der Waals surface area contributed by atoms with Gasteiger partial charge in [0.25, 0.3) is 0 Å². The fourth-order valence-corrected chi connectivity index (χ4v) is 3.11. The first-order valence-electron chi connectivity index (χ1n) is 6.20. The van der Waals surface area contributed by atoms with Crippen LogP contribution in [0.2, 0.25) is 0 Å². The molecule has 0 aromatic carbocycles. The van der Waals surface area contributed by atoms with E-state index in [9.17, 15) is 4.79 Å². The Hall–Kier alpha value is -1.54. The molecule has 2 aliphatic rings. The summed E-state index contributed by atoms with van der Waals surface area (Å²) >= 11 is 0. The van der Waals surface area contributed by atoms with Crippen LogP contribution >= 0.6 is 0 Å². The van der Waals surface area contributed by atoms with Crippen LogP contribution in [0.1, 0.15) is 33.6 Å². The zero-order chi connectivity index (χ0) is 13.5. The van der Waals surface area contributed by atoms with Gasteiger partial charge in [-0.25, -0.2) is 4.79 Å². The lowest BCUT2D eigenvalue weighted by Gasteiger charge is -2.46. The number of carbonyl (C=O) groups excluding carboxylic acids is 1. The molecule has 18 heavy (non-hydrogen) atoms. The summed E-state index contributed by atoms with van der Waals surface area (Å²) in [7, 11) is 0. The van der Waals surface area contributed by atoms with E-state index >= 15 is 0 Å². The summed E-state index contributed by atoms with van der Waals surface area (Å²) in [5, 5.41) is 0. The minimum absolute atomic E-state index is 0.0286. The van der Waals surface area contributed by atoms with Crippen LogP contribution in [-0.2, 0) is 4.74 Å². The zero-order valence-corrected chi connectivity index (χ0v) is 11.0. The monoisotopic (exact) mass is 249 g/mol. The standard InChI is InChI=1S/C13H19N3O2/c1-5-8(2)16-12(17)15-11(14)13(16)6-9(3)18-10(4)7-13/h1,8-10H,6-7H2,2-4H3,(H2,14,15,17). The van der Waals surface area contributed by atoms with Crippen molar-refractivity contribution in [3.63, 3.8) is 0 Å². The zero-order valence-electron chi connectivity index (χ0n) is 11.0. The van der Waals surface area contributed by atoms with Crippen molar-refractivity contribution in [1.82, 2.24) is 4.90 Å². The molecule has 2 rings (SSSR count). The third-order valence-corrected chi connectivity index (χ3v) is 3.70. The van der Waals surface area contributed by atoms with Crippen LogP contribution in [0.3, 0.4) is 0 Å². The van der Waals surface area contributed by atoms with Gasteiger partial charge in [-0.1, -0.05) is 5.92 Å². The average Bonchev–Trinajstić information content (AvgIpc) is 2.48. The summed E-state index contributed by atoms with van der Waals surface area (Å²) in [4.78, 5) is 17.5. The number of terminal acetylenes is 1. The largest absolute Gasteiger partial charge is 0.385 e. The van der Waals surface area contributed by atoms with Crippen molar-refractivity contribution in [2.75, 3.05) is 0 Å². The Labute approximate surface area is 107 Å². The molecule has 0 aliphatic carbocycles. The third-order valence-electron chi connectivity index (χ3n) is 3.70. The topological polar surface area (TPSA) is 67.9 Å². The first-order valence-corrected chi connectivity index (χ1v) is 6.20. The second-order valence-corrected chi connectivity index (χ2v) is 5.19. The van der Waals surface area contributed by atoms with Gasteiger partial charge in [0.05, 0.1) is 18.2 Å². The molecule has 2 heterocycles. The molecule has 0 aromatic heterocycles. The molecule has 0 aromatic rings. The number of urea groups is 1. The van der Waals surface area contributed by atoms with Crippen LogP contribution < -0.4 is 5.73 Å². The second-order valence-electron chi connectivity index (χ2n) is 5.19. The van der Waals surface area contributed by atoms with Crippen molar-refractivity contribution < 1.29 is 9.53 Å². The number of hydrogen-bond acceptors (Lipinski definition) is 3. The minimum atomic E-state index is -0.569. The summed E-state index contributed by atoms with van der Waals surface area (Å²) in [6.45, 7) is 5.77. The average molecular weight is 249 g/mol. The van der Waals surface area contributed by atoms with E-state index < -0.39 is 5.54 Å². The number of ether oxygens (including phenoxy) is 1.